The van der Waals surface area contributed by atoms with Gasteiger partial charge in [-0.1, -0.05) is 35.9 Å². The zero-order valence-corrected chi connectivity index (χ0v) is 24.8. The number of aldehydes is 1. The van der Waals surface area contributed by atoms with E-state index in [2.05, 4.69) is 9.88 Å². The molecule has 0 saturated carbocycles. The second-order valence-corrected chi connectivity index (χ2v) is 10.8. The van der Waals surface area contributed by atoms with Gasteiger partial charge < -0.3 is 23.9 Å². The van der Waals surface area contributed by atoms with Gasteiger partial charge in [0.25, 0.3) is 0 Å². The number of methoxy groups -OCH3 is 3. The van der Waals surface area contributed by atoms with Crippen molar-refractivity contribution in [1.29, 1.82) is 0 Å². The molecule has 4 heterocycles. The van der Waals surface area contributed by atoms with Crippen LogP contribution in [0.4, 0.5) is 0 Å². The van der Waals surface area contributed by atoms with Crippen molar-refractivity contribution in [3.8, 4) is 45.5 Å². The summed E-state index contributed by atoms with van der Waals surface area (Å²) in [6.45, 7) is 2.14. The summed E-state index contributed by atoms with van der Waals surface area (Å²) in [6.07, 6.45) is 4.87. The third kappa shape index (κ3) is 5.31. The monoisotopic (exact) mass is 598 g/mol. The molecule has 0 unspecified atom stereocenters. The van der Waals surface area contributed by atoms with Crippen molar-refractivity contribution in [2.45, 2.75) is 19.1 Å². The molecule has 0 aliphatic carbocycles. The Bertz CT molecular complexity index is 1800. The molecule has 0 spiro atoms. The number of hydrogen-bond donors (Lipinski definition) is 1. The van der Waals surface area contributed by atoms with E-state index in [4.69, 9.17) is 30.8 Å². The van der Waals surface area contributed by atoms with E-state index >= 15 is 0 Å². The number of aliphatic hydroxyl groups is 1. The highest BCUT2D eigenvalue weighted by Gasteiger charge is 2.23. The van der Waals surface area contributed by atoms with E-state index in [1.165, 1.54) is 14.2 Å². The summed E-state index contributed by atoms with van der Waals surface area (Å²) in [4.78, 5) is 23.3. The molecule has 5 aromatic rings. The largest absolute Gasteiger partial charge is 0.496 e. The molecule has 1 fully saturated rings. The van der Waals surface area contributed by atoms with Gasteiger partial charge in [0.05, 0.1) is 49.4 Å². The van der Waals surface area contributed by atoms with Gasteiger partial charge in [-0.25, -0.2) is 9.97 Å². The quantitative estimate of drug-likeness (QED) is 0.212. The molecule has 43 heavy (non-hydrogen) atoms. The van der Waals surface area contributed by atoms with Gasteiger partial charge in [0.1, 0.15) is 17.1 Å². The lowest BCUT2D eigenvalue weighted by atomic mass is 9.99. The molecule has 1 atom stereocenters. The van der Waals surface area contributed by atoms with Crippen LogP contribution in [-0.2, 0) is 6.54 Å². The average Bonchev–Trinajstić information content (AvgIpc) is 3.66. The van der Waals surface area contributed by atoms with Crippen LogP contribution in [0.5, 0.6) is 17.4 Å². The van der Waals surface area contributed by atoms with Gasteiger partial charge in [-0.3, -0.25) is 9.69 Å². The molecule has 2 aromatic carbocycles. The predicted molar refractivity (Wildman–Crippen MR) is 166 cm³/mol. The maximum Gasteiger partial charge on any atom is 0.218 e. The van der Waals surface area contributed by atoms with Gasteiger partial charge in [0.2, 0.25) is 5.88 Å². The molecule has 1 N–H and O–H groups in total. The van der Waals surface area contributed by atoms with E-state index in [1.807, 2.05) is 53.2 Å². The number of pyridine rings is 2. The van der Waals surface area contributed by atoms with E-state index in [9.17, 15) is 9.90 Å². The number of aliphatic hydroxyl groups excluding tert-OH is 1. The van der Waals surface area contributed by atoms with Crippen molar-refractivity contribution < 1.29 is 24.1 Å². The Morgan fingerprint density at radius 1 is 1.00 bits per heavy atom. The van der Waals surface area contributed by atoms with E-state index in [-0.39, 0.29) is 6.10 Å². The molecule has 10 heteroatoms. The first-order chi connectivity index (χ1) is 20.9. The van der Waals surface area contributed by atoms with Crippen LogP contribution in [0.3, 0.4) is 0 Å². The van der Waals surface area contributed by atoms with E-state index in [0.29, 0.717) is 52.4 Å². The first kappa shape index (κ1) is 28.7. The topological polar surface area (TPSA) is 98.9 Å². The number of nitrogens with zero attached hydrogens (tertiary/aromatic N) is 4. The number of benzene rings is 2. The Morgan fingerprint density at radius 2 is 1.77 bits per heavy atom. The number of carbonyl (C=O) groups excluding carboxylic acids is 1. The van der Waals surface area contributed by atoms with Crippen LogP contribution in [0.25, 0.3) is 39.1 Å². The van der Waals surface area contributed by atoms with E-state index < -0.39 is 0 Å². The number of halogens is 1. The summed E-state index contributed by atoms with van der Waals surface area (Å²) in [5.41, 5.74) is 5.98. The van der Waals surface area contributed by atoms with Crippen LogP contribution in [0.15, 0.2) is 67.0 Å². The second-order valence-electron chi connectivity index (χ2n) is 10.4. The Balaban J connectivity index is 1.39. The van der Waals surface area contributed by atoms with Crippen LogP contribution >= 0.6 is 11.6 Å². The van der Waals surface area contributed by atoms with Gasteiger partial charge in [0.15, 0.2) is 6.29 Å². The average molecular weight is 599 g/mol. The SMILES string of the molecule is COc1cc(-n2ccc3c(-c4cccc(-c5ccc(CN6CC[C@@H](O)C6)c(OC)n5)c4Cl)ccnc32)cc(OC)c1C=O. The van der Waals surface area contributed by atoms with Gasteiger partial charge >= 0.3 is 0 Å². The van der Waals surface area contributed by atoms with Crippen molar-refractivity contribution in [2.75, 3.05) is 34.4 Å². The van der Waals surface area contributed by atoms with Gasteiger partial charge in [-0.15, -0.1) is 0 Å². The van der Waals surface area contributed by atoms with Crippen LogP contribution in [0.2, 0.25) is 5.02 Å². The fourth-order valence-corrected chi connectivity index (χ4v) is 6.04. The molecule has 0 amide bonds. The molecule has 3 aromatic heterocycles. The summed E-state index contributed by atoms with van der Waals surface area (Å²) >= 11 is 7.09. The van der Waals surface area contributed by atoms with E-state index in [0.717, 1.165) is 52.6 Å². The molecular formula is C33H31ClN4O5. The predicted octanol–water partition coefficient (Wildman–Crippen LogP) is 5.81. The van der Waals surface area contributed by atoms with E-state index in [1.54, 1.807) is 25.4 Å². The second kappa shape index (κ2) is 12.0. The highest BCUT2D eigenvalue weighted by Crippen LogP contribution is 2.40. The summed E-state index contributed by atoms with van der Waals surface area (Å²) in [6, 6.07) is 17.3. The number of ether oxygens (including phenoxy) is 3. The lowest BCUT2D eigenvalue weighted by Gasteiger charge is -2.17. The number of fused-ring (bicyclic) bond motifs is 1. The third-order valence-corrected chi connectivity index (χ3v) is 8.26. The maximum atomic E-state index is 11.7. The fraction of sp³-hybridized carbons (Fsp3) is 0.242. The Morgan fingerprint density at radius 3 is 2.44 bits per heavy atom. The molecule has 1 aliphatic heterocycles. The Kier molecular flexibility index (Phi) is 8.03. The van der Waals surface area contributed by atoms with Crippen LogP contribution in [0.1, 0.15) is 22.3 Å². The molecule has 9 nitrogen and oxygen atoms in total. The lowest BCUT2D eigenvalue weighted by Crippen LogP contribution is -2.22. The van der Waals surface area contributed by atoms with Crippen molar-refractivity contribution in [2.24, 2.45) is 0 Å². The normalized spacial score (nSPS) is 15.1. The standard InChI is InChI=1S/C33H31ClN4O5/c1-41-29-15-21(16-30(42-2)27(29)19-39)38-14-11-25-23(9-12-35-32(25)38)24-5-4-6-26(31(24)34)28-8-7-20(33(36-28)43-3)17-37-13-10-22(40)18-37/h4-9,11-12,14-16,19,22,40H,10,13,17-18H2,1-3H3/t22-/m1/s1. The fourth-order valence-electron chi connectivity index (χ4n) is 5.71. The maximum absolute atomic E-state index is 11.7. The van der Waals surface area contributed by atoms with Crippen molar-refractivity contribution in [1.82, 2.24) is 19.4 Å². The smallest absolute Gasteiger partial charge is 0.218 e. The van der Waals surface area contributed by atoms with Crippen molar-refractivity contribution in [3.05, 3.63) is 83.1 Å². The minimum Gasteiger partial charge on any atom is -0.496 e. The summed E-state index contributed by atoms with van der Waals surface area (Å²) in [5.74, 6) is 1.35. The van der Waals surface area contributed by atoms with Gasteiger partial charge in [0, 0.05) is 66.2 Å². The lowest BCUT2D eigenvalue weighted by molar-refractivity contribution is 0.111. The first-order valence-corrected chi connectivity index (χ1v) is 14.2. The first-order valence-electron chi connectivity index (χ1n) is 13.9. The minimum atomic E-state index is -0.287. The Hall–Kier alpha value is -4.44. The van der Waals surface area contributed by atoms with Crippen LogP contribution in [-0.4, -0.2) is 71.4 Å². The van der Waals surface area contributed by atoms with Crippen molar-refractivity contribution in [3.63, 3.8) is 0 Å². The summed E-state index contributed by atoms with van der Waals surface area (Å²) < 4.78 is 18.5. The molecule has 0 radical (unpaired) electrons. The molecular weight excluding hydrogens is 568 g/mol. The summed E-state index contributed by atoms with van der Waals surface area (Å²) in [5, 5.41) is 11.4. The number of hydrogen-bond acceptors (Lipinski definition) is 8. The highest BCUT2D eigenvalue weighted by molar-refractivity contribution is 6.36. The number of carbonyl (C=O) groups is 1. The van der Waals surface area contributed by atoms with Crippen LogP contribution < -0.4 is 14.2 Å². The molecule has 1 saturated heterocycles. The Labute approximate surface area is 254 Å². The molecule has 0 bridgehead atoms. The van der Waals surface area contributed by atoms with Crippen molar-refractivity contribution >= 4 is 28.9 Å². The zero-order valence-electron chi connectivity index (χ0n) is 24.1. The molecule has 6 rings (SSSR count). The third-order valence-electron chi connectivity index (χ3n) is 7.85. The molecule has 1 aliphatic rings. The zero-order chi connectivity index (χ0) is 30.1. The highest BCUT2D eigenvalue weighted by atomic mass is 35.5. The number of rotatable bonds is 9. The molecule has 220 valence electrons. The van der Waals surface area contributed by atoms with Gasteiger partial charge in [-0.2, -0.15) is 0 Å². The summed E-state index contributed by atoms with van der Waals surface area (Å²) in [7, 11) is 4.64. The van der Waals surface area contributed by atoms with Crippen LogP contribution in [0, 0.1) is 0 Å². The number of β-amino-alcohol motifs (C(OH)–C–C–N with tert-alkyl or cyclic N) is 1. The van der Waals surface area contributed by atoms with Gasteiger partial charge in [-0.05, 0) is 30.2 Å². The number of likely N-dealkylation sites (tertiary alicyclic amines) is 1. The minimum absolute atomic E-state index is 0.287. The number of aromatic nitrogens is 3.